The number of amides is 3. The molecular formula is C34H37N3O3. The lowest BCUT2D eigenvalue weighted by molar-refractivity contribution is -0.136. The Morgan fingerprint density at radius 3 is 1.85 bits per heavy atom. The molecule has 6 nitrogen and oxygen atoms in total. The molecule has 2 N–H and O–H groups in total. The normalized spacial score (nSPS) is 20.9. The first-order chi connectivity index (χ1) is 19.4. The summed E-state index contributed by atoms with van der Waals surface area (Å²) >= 11 is 0. The van der Waals surface area contributed by atoms with Gasteiger partial charge in [0.15, 0.2) is 0 Å². The van der Waals surface area contributed by atoms with Gasteiger partial charge in [-0.15, -0.1) is 0 Å². The third-order valence-electron chi connectivity index (χ3n) is 8.86. The fraction of sp³-hybridized carbons (Fsp3) is 0.382. The number of hydrogen-bond acceptors (Lipinski definition) is 3. The predicted molar refractivity (Wildman–Crippen MR) is 159 cm³/mol. The van der Waals surface area contributed by atoms with Crippen LogP contribution in [0.25, 0.3) is 22.3 Å². The van der Waals surface area contributed by atoms with Crippen LogP contribution in [0.2, 0.25) is 0 Å². The van der Waals surface area contributed by atoms with Crippen molar-refractivity contribution in [2.24, 2.45) is 0 Å². The van der Waals surface area contributed by atoms with E-state index in [-0.39, 0.29) is 23.8 Å². The molecule has 0 spiro atoms. The summed E-state index contributed by atoms with van der Waals surface area (Å²) in [5, 5.41) is 5.91. The number of nitrogens with zero attached hydrogens (tertiary/aromatic N) is 1. The second-order valence-corrected chi connectivity index (χ2v) is 11.5. The van der Waals surface area contributed by atoms with E-state index < -0.39 is 0 Å². The first-order valence-corrected chi connectivity index (χ1v) is 14.7. The maximum absolute atomic E-state index is 13.0. The van der Waals surface area contributed by atoms with Crippen LogP contribution >= 0.6 is 0 Å². The number of carbonyl (C=O) groups excluding carboxylic acids is 3. The van der Waals surface area contributed by atoms with Crippen LogP contribution in [0.5, 0.6) is 0 Å². The Labute approximate surface area is 236 Å². The van der Waals surface area contributed by atoms with Crippen molar-refractivity contribution in [1.29, 1.82) is 0 Å². The number of benzene rings is 3. The number of fused-ring (bicyclic) bond motifs is 5. The summed E-state index contributed by atoms with van der Waals surface area (Å²) in [6.45, 7) is 4.18. The van der Waals surface area contributed by atoms with Gasteiger partial charge < -0.3 is 15.5 Å². The van der Waals surface area contributed by atoms with Gasteiger partial charge in [-0.1, -0.05) is 43.3 Å². The maximum Gasteiger partial charge on any atom is 0.247 e. The van der Waals surface area contributed by atoms with E-state index in [1.165, 1.54) is 54.0 Å². The standard InChI is InChI=1S/C34H37N3O3/c1-3-5-31(39)37-19-4-6-30(37)34(40)36-27-15-11-23(12-16-27)29-18-17-28(32-24-7-8-25(20-24)33(29)32)22-9-13-26(14-10-22)35-21(2)38/h9-18,24-25,30H,3-8,19-20H2,1-2H3,(H,35,38)(H,36,40)/t24?,25?,30-/m0/s1. The van der Waals surface area contributed by atoms with Gasteiger partial charge in [-0.2, -0.15) is 0 Å². The van der Waals surface area contributed by atoms with Gasteiger partial charge in [-0.25, -0.2) is 0 Å². The Morgan fingerprint density at radius 1 is 0.775 bits per heavy atom. The van der Waals surface area contributed by atoms with Crippen molar-refractivity contribution in [2.45, 2.75) is 76.7 Å². The summed E-state index contributed by atoms with van der Waals surface area (Å²) in [4.78, 5) is 38.7. The fourth-order valence-corrected chi connectivity index (χ4v) is 7.12. The molecule has 1 saturated carbocycles. The second kappa shape index (κ2) is 10.9. The number of nitrogens with one attached hydrogen (secondary N) is 2. The fourth-order valence-electron chi connectivity index (χ4n) is 7.12. The smallest absolute Gasteiger partial charge is 0.247 e. The van der Waals surface area contributed by atoms with Gasteiger partial charge in [0.1, 0.15) is 6.04 Å². The lowest BCUT2D eigenvalue weighted by atomic mass is 9.81. The van der Waals surface area contributed by atoms with Crippen molar-refractivity contribution in [3.8, 4) is 22.3 Å². The lowest BCUT2D eigenvalue weighted by Crippen LogP contribution is -2.43. The molecule has 206 valence electrons. The summed E-state index contributed by atoms with van der Waals surface area (Å²) < 4.78 is 0. The number of rotatable bonds is 7. The lowest BCUT2D eigenvalue weighted by Gasteiger charge is -2.24. The highest BCUT2D eigenvalue weighted by molar-refractivity contribution is 5.98. The number of anilines is 2. The van der Waals surface area contributed by atoms with Gasteiger partial charge >= 0.3 is 0 Å². The SMILES string of the molecule is CCCC(=O)N1CCC[C@H]1C(=O)Nc1ccc(-c2ccc(-c3ccc(NC(C)=O)cc3)c3c2C2CCC3C2)cc1. The topological polar surface area (TPSA) is 78.5 Å². The van der Waals surface area contributed by atoms with Crippen LogP contribution in [0.15, 0.2) is 60.7 Å². The molecule has 3 aromatic carbocycles. The molecule has 3 aliphatic rings. The average molecular weight is 536 g/mol. The van der Waals surface area contributed by atoms with Crippen molar-refractivity contribution in [3.05, 3.63) is 71.8 Å². The van der Waals surface area contributed by atoms with Crippen molar-refractivity contribution in [2.75, 3.05) is 17.2 Å². The highest BCUT2D eigenvalue weighted by atomic mass is 16.2. The first-order valence-electron chi connectivity index (χ1n) is 14.7. The molecule has 2 aliphatic carbocycles. The Bertz CT molecular complexity index is 1440. The van der Waals surface area contributed by atoms with E-state index in [9.17, 15) is 14.4 Å². The average Bonchev–Trinajstić information content (AvgIpc) is 3.71. The summed E-state index contributed by atoms with van der Waals surface area (Å²) in [6, 6.07) is 20.4. The molecule has 2 bridgehead atoms. The minimum absolute atomic E-state index is 0.0662. The first kappa shape index (κ1) is 26.3. The zero-order chi connectivity index (χ0) is 27.8. The molecule has 40 heavy (non-hydrogen) atoms. The summed E-state index contributed by atoms with van der Waals surface area (Å²) in [5.74, 6) is 1.09. The molecule has 6 rings (SSSR count). The summed E-state index contributed by atoms with van der Waals surface area (Å²) in [7, 11) is 0. The third kappa shape index (κ3) is 4.91. The van der Waals surface area contributed by atoms with Crippen LogP contribution < -0.4 is 10.6 Å². The highest BCUT2D eigenvalue weighted by Crippen LogP contribution is 2.58. The largest absolute Gasteiger partial charge is 0.331 e. The van der Waals surface area contributed by atoms with Crippen molar-refractivity contribution >= 4 is 29.1 Å². The second-order valence-electron chi connectivity index (χ2n) is 11.5. The molecule has 3 atom stereocenters. The van der Waals surface area contributed by atoms with Gasteiger partial charge in [0.05, 0.1) is 0 Å². The van der Waals surface area contributed by atoms with Crippen molar-refractivity contribution in [3.63, 3.8) is 0 Å². The van der Waals surface area contributed by atoms with Crippen molar-refractivity contribution in [1.82, 2.24) is 4.90 Å². The minimum Gasteiger partial charge on any atom is -0.331 e. The molecule has 1 saturated heterocycles. The Kier molecular flexibility index (Phi) is 7.18. The van der Waals surface area contributed by atoms with E-state index in [0.29, 0.717) is 24.8 Å². The Hall–Kier alpha value is -3.93. The quantitative estimate of drug-likeness (QED) is 0.340. The van der Waals surface area contributed by atoms with Gasteiger partial charge in [0.25, 0.3) is 0 Å². The molecule has 0 radical (unpaired) electrons. The van der Waals surface area contributed by atoms with Gasteiger partial charge in [-0.3, -0.25) is 14.4 Å². The number of carbonyl (C=O) groups is 3. The van der Waals surface area contributed by atoms with E-state index in [4.69, 9.17) is 0 Å². The minimum atomic E-state index is -0.377. The zero-order valence-corrected chi connectivity index (χ0v) is 23.3. The predicted octanol–water partition coefficient (Wildman–Crippen LogP) is 7.07. The van der Waals surface area contributed by atoms with Gasteiger partial charge in [0, 0.05) is 31.3 Å². The van der Waals surface area contributed by atoms with Crippen LogP contribution in [-0.2, 0) is 14.4 Å². The summed E-state index contributed by atoms with van der Waals surface area (Å²) in [5.41, 5.74) is 9.46. The maximum atomic E-state index is 13.0. The van der Waals surface area contributed by atoms with Crippen LogP contribution in [0.4, 0.5) is 11.4 Å². The molecule has 3 aromatic rings. The van der Waals surface area contributed by atoms with E-state index in [1.54, 1.807) is 4.90 Å². The van der Waals surface area contributed by atoms with Gasteiger partial charge in [0.2, 0.25) is 17.7 Å². The monoisotopic (exact) mass is 535 g/mol. The van der Waals surface area contributed by atoms with E-state index in [1.807, 2.05) is 31.2 Å². The highest BCUT2D eigenvalue weighted by Gasteiger charge is 2.40. The van der Waals surface area contributed by atoms with Crippen LogP contribution in [0.3, 0.4) is 0 Å². The molecule has 6 heteroatoms. The van der Waals surface area contributed by atoms with E-state index in [2.05, 4.69) is 47.0 Å². The molecule has 3 amide bonds. The Balaban J connectivity index is 1.24. The molecular weight excluding hydrogens is 498 g/mol. The Morgan fingerprint density at radius 2 is 1.32 bits per heavy atom. The number of hydrogen-bond donors (Lipinski definition) is 2. The molecule has 0 aromatic heterocycles. The van der Waals surface area contributed by atoms with Gasteiger partial charge in [-0.05, 0) is 108 Å². The summed E-state index contributed by atoms with van der Waals surface area (Å²) in [6.07, 6.45) is 6.56. The van der Waals surface area contributed by atoms with Crippen LogP contribution in [0.1, 0.15) is 81.8 Å². The molecule has 1 aliphatic heterocycles. The van der Waals surface area contributed by atoms with E-state index >= 15 is 0 Å². The van der Waals surface area contributed by atoms with E-state index in [0.717, 1.165) is 36.2 Å². The van der Waals surface area contributed by atoms with Crippen LogP contribution in [0, 0.1) is 0 Å². The zero-order valence-electron chi connectivity index (χ0n) is 23.3. The molecule has 2 fully saturated rings. The number of likely N-dealkylation sites (tertiary alicyclic amines) is 1. The molecule has 2 unspecified atom stereocenters. The van der Waals surface area contributed by atoms with Crippen molar-refractivity contribution < 1.29 is 14.4 Å². The van der Waals surface area contributed by atoms with Crippen LogP contribution in [-0.4, -0.2) is 35.2 Å². The third-order valence-corrected chi connectivity index (χ3v) is 8.86. The molecule has 1 heterocycles.